The van der Waals surface area contributed by atoms with Crippen LogP contribution in [0, 0.1) is 0 Å². The molecule has 266 valence electrons. The molecule has 0 amide bonds. The van der Waals surface area contributed by atoms with Crippen molar-refractivity contribution in [3.8, 4) is 39.5 Å². The summed E-state index contributed by atoms with van der Waals surface area (Å²) in [7, 11) is 0. The third-order valence-electron chi connectivity index (χ3n) is 11.9. The van der Waals surface area contributed by atoms with E-state index < -0.39 is 13.3 Å². The number of nitrogens with zero attached hydrogens (tertiary/aromatic N) is 3. The van der Waals surface area contributed by atoms with Crippen LogP contribution in [0.2, 0.25) is 0 Å². The predicted molar refractivity (Wildman–Crippen MR) is 237 cm³/mol. The molecule has 0 saturated carbocycles. The molecule has 0 radical (unpaired) electrons. The maximum absolute atomic E-state index is 6.48. The van der Waals surface area contributed by atoms with Gasteiger partial charge in [-0.3, -0.25) is 0 Å². The number of aromatic nitrogens is 3. The Bertz CT molecular complexity index is 3310. The van der Waals surface area contributed by atoms with E-state index in [4.69, 9.17) is 14.4 Å². The molecule has 0 atom stereocenters. The molecule has 0 fully saturated rings. The Balaban J connectivity index is 1.23. The molecule has 11 aromatic rings. The van der Waals surface area contributed by atoms with E-state index in [-0.39, 0.29) is 0 Å². The summed E-state index contributed by atoms with van der Waals surface area (Å²) in [4.78, 5) is 11.6. The van der Waals surface area contributed by atoms with E-state index in [1.165, 1.54) is 29.5 Å². The van der Waals surface area contributed by atoms with Gasteiger partial charge in [-0.2, -0.15) is 0 Å². The van der Waals surface area contributed by atoms with Gasteiger partial charge >= 0.3 is 333 Å². The third kappa shape index (κ3) is 4.56. The van der Waals surface area contributed by atoms with Crippen molar-refractivity contribution < 1.29 is 4.42 Å². The van der Waals surface area contributed by atoms with E-state index in [9.17, 15) is 0 Å². The summed E-state index contributed by atoms with van der Waals surface area (Å²) in [5.74, 6) is 0.716. The number of hydrogen-bond acceptors (Lipinski definition) is 3. The van der Waals surface area contributed by atoms with Gasteiger partial charge in [-0.15, -0.1) is 0 Å². The first-order chi connectivity index (χ1) is 28.3. The summed E-state index contributed by atoms with van der Waals surface area (Å²) >= 11 is -3.74. The van der Waals surface area contributed by atoms with Gasteiger partial charge in [0.25, 0.3) is 0 Å². The van der Waals surface area contributed by atoms with Crippen LogP contribution in [-0.4, -0.2) is 27.8 Å². The molecule has 5 heteroatoms. The Labute approximate surface area is 331 Å². The van der Waals surface area contributed by atoms with Gasteiger partial charge in [0.05, 0.1) is 0 Å². The van der Waals surface area contributed by atoms with Gasteiger partial charge in [0.1, 0.15) is 0 Å². The van der Waals surface area contributed by atoms with Gasteiger partial charge in [-0.1, -0.05) is 0 Å². The average molecular weight is 788 g/mol. The second-order valence-corrected chi connectivity index (χ2v) is 22.5. The van der Waals surface area contributed by atoms with Gasteiger partial charge < -0.3 is 0 Å². The summed E-state index contributed by atoms with van der Waals surface area (Å²) in [5, 5.41) is 4.57. The van der Waals surface area contributed by atoms with Crippen LogP contribution in [0.15, 0.2) is 205 Å². The molecule has 8 aromatic carbocycles. The number of para-hydroxylation sites is 3. The third-order valence-corrected chi connectivity index (χ3v) is 21.8. The maximum atomic E-state index is 6.48. The van der Waals surface area contributed by atoms with Crippen LogP contribution in [0.25, 0.3) is 83.2 Å². The number of furan rings is 1. The van der Waals surface area contributed by atoms with Crippen molar-refractivity contribution in [2.24, 2.45) is 0 Å². The van der Waals surface area contributed by atoms with Crippen LogP contribution >= 0.6 is 0 Å². The van der Waals surface area contributed by atoms with Crippen LogP contribution in [-0.2, 0) is 0 Å². The molecule has 0 unspecified atom stereocenters. The van der Waals surface area contributed by atoms with Gasteiger partial charge in [-0.05, 0) is 0 Å². The first-order valence-electron chi connectivity index (χ1n) is 19.4. The van der Waals surface area contributed by atoms with E-state index in [1.54, 1.807) is 0 Å². The van der Waals surface area contributed by atoms with Crippen LogP contribution < -0.4 is 17.7 Å². The molecule has 0 spiro atoms. The molecule has 0 N–H and O–H groups in total. The molecule has 4 nitrogen and oxygen atoms in total. The molecule has 1 aliphatic rings. The van der Waals surface area contributed by atoms with Crippen LogP contribution in [0.5, 0.6) is 0 Å². The van der Waals surface area contributed by atoms with Gasteiger partial charge in [0.2, 0.25) is 0 Å². The van der Waals surface area contributed by atoms with Crippen molar-refractivity contribution in [2.75, 3.05) is 0 Å². The average Bonchev–Trinajstić information content (AvgIpc) is 3.93. The number of fused-ring (bicyclic) bond motifs is 10. The zero-order chi connectivity index (χ0) is 37.5. The van der Waals surface area contributed by atoms with Crippen molar-refractivity contribution >= 4 is 74.7 Å². The van der Waals surface area contributed by atoms with Crippen molar-refractivity contribution in [3.05, 3.63) is 200 Å². The quantitative estimate of drug-likeness (QED) is 0.163. The van der Waals surface area contributed by atoms with Crippen LogP contribution in [0.1, 0.15) is 0 Å². The summed E-state index contributed by atoms with van der Waals surface area (Å²) in [6.45, 7) is 0. The minimum atomic E-state index is -3.74. The SMILES string of the molecule is c1ccc(-c2nc(-c3ccccc3-n3c4ccccc4c4ccc5oc6ccccc6c5c43)n[c]3c2-c2cccc[c]2[Ge]3([c]2ccccc2)[c]2ccccc2)cc1. The van der Waals surface area contributed by atoms with Gasteiger partial charge in [-0.25, -0.2) is 0 Å². The fourth-order valence-corrected chi connectivity index (χ4v) is 20.1. The first kappa shape index (κ1) is 32.2. The second kappa shape index (κ2) is 12.5. The Morgan fingerprint density at radius 1 is 0.456 bits per heavy atom. The van der Waals surface area contributed by atoms with E-state index in [1.807, 2.05) is 6.07 Å². The van der Waals surface area contributed by atoms with Crippen molar-refractivity contribution in [3.63, 3.8) is 0 Å². The molecule has 0 saturated heterocycles. The molecule has 3 aromatic heterocycles. The van der Waals surface area contributed by atoms with Crippen LogP contribution in [0.4, 0.5) is 0 Å². The number of rotatable bonds is 5. The number of benzene rings is 8. The first-order valence-corrected chi connectivity index (χ1v) is 23.6. The molecular weight excluding hydrogens is 755 g/mol. The summed E-state index contributed by atoms with van der Waals surface area (Å²) < 4.78 is 14.2. The Kier molecular flexibility index (Phi) is 7.07. The van der Waals surface area contributed by atoms with Gasteiger partial charge in [0.15, 0.2) is 0 Å². The normalized spacial score (nSPS) is 13.1. The van der Waals surface area contributed by atoms with Crippen LogP contribution in [0.3, 0.4) is 0 Å². The molecule has 0 aliphatic carbocycles. The Morgan fingerprint density at radius 3 is 1.84 bits per heavy atom. The zero-order valence-electron chi connectivity index (χ0n) is 30.8. The Hall–Kier alpha value is -7.02. The summed E-state index contributed by atoms with van der Waals surface area (Å²) in [5.41, 5.74) is 10.4. The molecule has 4 heterocycles. The molecule has 1 aliphatic heterocycles. The predicted octanol–water partition coefficient (Wildman–Crippen LogP) is 10.2. The van der Waals surface area contributed by atoms with Crippen molar-refractivity contribution in [1.29, 1.82) is 0 Å². The molecule has 0 bridgehead atoms. The summed E-state index contributed by atoms with van der Waals surface area (Å²) in [6, 6.07) is 72.0. The van der Waals surface area contributed by atoms with E-state index in [2.05, 4.69) is 199 Å². The van der Waals surface area contributed by atoms with Crippen molar-refractivity contribution in [2.45, 2.75) is 0 Å². The molecule has 57 heavy (non-hydrogen) atoms. The topological polar surface area (TPSA) is 43.9 Å². The standard InChI is InChI=1S/C52H33GeN3O/c1-4-18-34(19-5-1)49-48-39-25-10-14-28-42(39)53(35-20-6-2-7-21-35,36-22-8-3-9-23-36)51(48)55-52(54-49)40-26-12-16-30-44(40)56-43-29-15-11-24-37(43)38-32-33-46-47(50(38)56)41-27-13-17-31-45(41)57-46/h1-33H. The van der Waals surface area contributed by atoms with E-state index in [0.717, 1.165) is 65.6 Å². The van der Waals surface area contributed by atoms with Crippen molar-refractivity contribution in [1.82, 2.24) is 14.5 Å². The fourth-order valence-electron chi connectivity index (χ4n) is 9.57. The van der Waals surface area contributed by atoms with E-state index in [0.29, 0.717) is 5.82 Å². The Morgan fingerprint density at radius 2 is 1.07 bits per heavy atom. The summed E-state index contributed by atoms with van der Waals surface area (Å²) in [6.07, 6.45) is 0. The van der Waals surface area contributed by atoms with Gasteiger partial charge in [0, 0.05) is 0 Å². The molecule has 12 rings (SSSR count). The fraction of sp³-hybridized carbons (Fsp3) is 0. The second-order valence-electron chi connectivity index (χ2n) is 14.8. The zero-order valence-corrected chi connectivity index (χ0v) is 32.9. The molecular formula is C52H33GeN3O. The van der Waals surface area contributed by atoms with E-state index >= 15 is 0 Å². The monoisotopic (exact) mass is 789 g/mol. The number of hydrogen-bond donors (Lipinski definition) is 0. The minimum absolute atomic E-state index is 0.716.